The van der Waals surface area contributed by atoms with E-state index in [1.807, 2.05) is 36.4 Å². The second-order valence-corrected chi connectivity index (χ2v) is 6.10. The molecule has 0 aliphatic carbocycles. The lowest BCUT2D eigenvalue weighted by atomic mass is 9.86. The fraction of sp³-hybridized carbons (Fsp3) is 0.400. The summed E-state index contributed by atoms with van der Waals surface area (Å²) in [4.78, 5) is 25.2. The molecule has 2 rings (SSSR count). The SMILES string of the molecule is C=C[C@@H]1O[C@H](/C=C/c2ccccc2)[C@@H](C(=O)OCCN)[C@H]1C(=O)OCC[NH3+]. The number of hydrogen-bond donors (Lipinski definition) is 2. The molecule has 5 N–H and O–H groups in total. The van der Waals surface area contributed by atoms with Gasteiger partial charge in [-0.2, -0.15) is 0 Å². The molecule has 1 saturated heterocycles. The van der Waals surface area contributed by atoms with Crippen molar-refractivity contribution < 1.29 is 29.5 Å². The van der Waals surface area contributed by atoms with E-state index in [0.29, 0.717) is 6.54 Å². The van der Waals surface area contributed by atoms with Gasteiger partial charge in [-0.1, -0.05) is 48.6 Å². The van der Waals surface area contributed by atoms with E-state index in [0.717, 1.165) is 5.56 Å². The quantitative estimate of drug-likeness (QED) is 0.470. The predicted octanol–water partition coefficient (Wildman–Crippen LogP) is 0.173. The molecular formula is C20H27N2O5+. The molecule has 0 radical (unpaired) electrons. The molecule has 1 fully saturated rings. The van der Waals surface area contributed by atoms with Crippen LogP contribution in [0, 0.1) is 11.8 Å². The van der Waals surface area contributed by atoms with E-state index in [-0.39, 0.29) is 19.8 Å². The van der Waals surface area contributed by atoms with E-state index in [9.17, 15) is 9.59 Å². The Labute approximate surface area is 158 Å². The van der Waals surface area contributed by atoms with Crippen molar-refractivity contribution in [2.45, 2.75) is 12.2 Å². The molecule has 1 heterocycles. The lowest BCUT2D eigenvalue weighted by Gasteiger charge is -2.19. The number of carbonyl (C=O) groups excluding carboxylic acids is 2. The van der Waals surface area contributed by atoms with Crippen molar-refractivity contribution in [3.05, 3.63) is 54.6 Å². The van der Waals surface area contributed by atoms with E-state index in [1.165, 1.54) is 6.08 Å². The number of rotatable bonds is 9. The van der Waals surface area contributed by atoms with Gasteiger partial charge in [-0.3, -0.25) is 9.59 Å². The Morgan fingerprint density at radius 2 is 1.74 bits per heavy atom. The number of benzene rings is 1. The van der Waals surface area contributed by atoms with Gasteiger partial charge in [0.05, 0.1) is 12.2 Å². The third kappa shape index (κ3) is 5.50. The smallest absolute Gasteiger partial charge is 0.313 e. The highest BCUT2D eigenvalue weighted by Gasteiger charge is 2.51. The summed E-state index contributed by atoms with van der Waals surface area (Å²) in [6, 6.07) is 9.59. The maximum Gasteiger partial charge on any atom is 0.313 e. The highest BCUT2D eigenvalue weighted by Crippen LogP contribution is 2.36. The fourth-order valence-electron chi connectivity index (χ4n) is 2.98. The number of nitrogens with two attached hydrogens (primary N) is 1. The Kier molecular flexibility index (Phi) is 8.19. The van der Waals surface area contributed by atoms with Gasteiger partial charge in [-0.25, -0.2) is 0 Å². The first kappa shape index (κ1) is 20.8. The van der Waals surface area contributed by atoms with Gasteiger partial charge in [0.2, 0.25) is 0 Å². The van der Waals surface area contributed by atoms with Crippen LogP contribution < -0.4 is 11.5 Å². The standard InChI is InChI=1S/C20H26N2O5/c1-2-15-17(19(23)25-12-10-21)18(20(24)26-13-11-22)16(27-15)9-8-14-6-4-3-5-7-14/h2-9,15-18H,1,10-13,21-22H2/p+1/b9-8+/t15-,16+,17-,18+/m0/s1. The van der Waals surface area contributed by atoms with Gasteiger partial charge in [-0.15, -0.1) is 6.58 Å². The van der Waals surface area contributed by atoms with Gasteiger partial charge in [0.1, 0.15) is 31.6 Å². The third-order valence-electron chi connectivity index (χ3n) is 4.21. The highest BCUT2D eigenvalue weighted by molar-refractivity contribution is 5.84. The molecule has 7 heteroatoms. The number of ether oxygens (including phenoxy) is 3. The molecule has 1 aromatic carbocycles. The summed E-state index contributed by atoms with van der Waals surface area (Å²) in [5, 5.41) is 0. The predicted molar refractivity (Wildman–Crippen MR) is 100 cm³/mol. The van der Waals surface area contributed by atoms with Gasteiger partial charge < -0.3 is 25.7 Å². The minimum absolute atomic E-state index is 0.0733. The van der Waals surface area contributed by atoms with E-state index in [2.05, 4.69) is 12.3 Å². The first-order valence-corrected chi connectivity index (χ1v) is 8.96. The Morgan fingerprint density at radius 1 is 1.11 bits per heavy atom. The molecule has 0 saturated carbocycles. The molecule has 1 aromatic rings. The Hall–Kier alpha value is -2.48. The zero-order chi connectivity index (χ0) is 19.6. The zero-order valence-corrected chi connectivity index (χ0v) is 15.3. The molecule has 1 aliphatic rings. The molecule has 27 heavy (non-hydrogen) atoms. The molecule has 0 bridgehead atoms. The minimum Gasteiger partial charge on any atom is -0.464 e. The van der Waals surface area contributed by atoms with Crippen LogP contribution in [0.2, 0.25) is 0 Å². The summed E-state index contributed by atoms with van der Waals surface area (Å²) in [5.41, 5.74) is 10.0. The second kappa shape index (κ2) is 10.6. The highest BCUT2D eigenvalue weighted by atomic mass is 16.6. The number of quaternary nitrogens is 1. The van der Waals surface area contributed by atoms with Crippen molar-refractivity contribution in [1.82, 2.24) is 0 Å². The van der Waals surface area contributed by atoms with Crippen molar-refractivity contribution in [3.8, 4) is 0 Å². The van der Waals surface area contributed by atoms with Gasteiger partial charge in [0, 0.05) is 6.54 Å². The summed E-state index contributed by atoms with van der Waals surface area (Å²) in [7, 11) is 0. The van der Waals surface area contributed by atoms with Crippen molar-refractivity contribution in [1.29, 1.82) is 0 Å². The van der Waals surface area contributed by atoms with Crippen LogP contribution in [0.5, 0.6) is 0 Å². The lowest BCUT2D eigenvalue weighted by molar-refractivity contribution is -0.372. The molecule has 0 spiro atoms. The number of carbonyl (C=O) groups is 2. The molecular weight excluding hydrogens is 348 g/mol. The van der Waals surface area contributed by atoms with Gasteiger partial charge >= 0.3 is 11.9 Å². The lowest BCUT2D eigenvalue weighted by Crippen LogP contribution is -2.52. The Balaban J connectivity index is 2.27. The molecule has 0 aromatic heterocycles. The minimum atomic E-state index is -0.836. The van der Waals surface area contributed by atoms with Gasteiger partial charge in [0.15, 0.2) is 0 Å². The van der Waals surface area contributed by atoms with Gasteiger partial charge in [-0.05, 0) is 5.56 Å². The van der Waals surface area contributed by atoms with Crippen LogP contribution >= 0.6 is 0 Å². The van der Waals surface area contributed by atoms with E-state index in [4.69, 9.17) is 19.9 Å². The maximum atomic E-state index is 12.6. The summed E-state index contributed by atoms with van der Waals surface area (Å²) < 4.78 is 16.3. The monoisotopic (exact) mass is 375 g/mol. The van der Waals surface area contributed by atoms with Crippen molar-refractivity contribution in [3.63, 3.8) is 0 Å². The Bertz CT molecular complexity index is 662. The maximum absolute atomic E-state index is 12.6. The summed E-state index contributed by atoms with van der Waals surface area (Å²) in [6.07, 6.45) is 3.82. The van der Waals surface area contributed by atoms with Crippen LogP contribution in [-0.2, 0) is 23.8 Å². The summed E-state index contributed by atoms with van der Waals surface area (Å²) in [6.45, 7) is 4.61. The third-order valence-corrected chi connectivity index (χ3v) is 4.21. The second-order valence-electron chi connectivity index (χ2n) is 6.10. The van der Waals surface area contributed by atoms with Crippen LogP contribution in [0.1, 0.15) is 5.56 Å². The van der Waals surface area contributed by atoms with E-state index in [1.54, 1.807) is 6.08 Å². The molecule has 0 unspecified atom stereocenters. The van der Waals surface area contributed by atoms with Crippen LogP contribution in [0.25, 0.3) is 6.08 Å². The van der Waals surface area contributed by atoms with Crippen LogP contribution in [0.15, 0.2) is 49.1 Å². The normalized spacial score (nSPS) is 24.7. The topological polar surface area (TPSA) is 115 Å². The molecule has 4 atom stereocenters. The van der Waals surface area contributed by atoms with E-state index < -0.39 is 36.0 Å². The van der Waals surface area contributed by atoms with Crippen LogP contribution in [-0.4, -0.2) is 50.4 Å². The number of hydrogen-bond acceptors (Lipinski definition) is 6. The molecule has 146 valence electrons. The average molecular weight is 375 g/mol. The van der Waals surface area contributed by atoms with E-state index >= 15 is 0 Å². The molecule has 7 nitrogen and oxygen atoms in total. The average Bonchev–Trinajstić information content (AvgIpc) is 3.08. The summed E-state index contributed by atoms with van der Waals surface area (Å²) >= 11 is 0. The van der Waals surface area contributed by atoms with Crippen molar-refractivity contribution in [2.24, 2.45) is 17.6 Å². The van der Waals surface area contributed by atoms with Crippen molar-refractivity contribution in [2.75, 3.05) is 26.3 Å². The van der Waals surface area contributed by atoms with Crippen molar-refractivity contribution >= 4 is 18.0 Å². The Morgan fingerprint density at radius 3 is 2.33 bits per heavy atom. The zero-order valence-electron chi connectivity index (χ0n) is 15.3. The largest absolute Gasteiger partial charge is 0.464 e. The summed E-state index contributed by atoms with van der Waals surface area (Å²) in [5.74, 6) is -2.72. The van der Waals surface area contributed by atoms with Gasteiger partial charge in [0.25, 0.3) is 0 Å². The van der Waals surface area contributed by atoms with Crippen LogP contribution in [0.3, 0.4) is 0 Å². The molecule has 0 amide bonds. The number of esters is 2. The van der Waals surface area contributed by atoms with Crippen LogP contribution in [0.4, 0.5) is 0 Å². The first-order chi connectivity index (χ1) is 13.1. The molecule has 1 aliphatic heterocycles. The first-order valence-electron chi connectivity index (χ1n) is 8.96. The fourth-order valence-corrected chi connectivity index (χ4v) is 2.98.